The first-order valence-electron chi connectivity index (χ1n) is 10.2. The van der Waals surface area contributed by atoms with E-state index >= 15 is 0 Å². The van der Waals surface area contributed by atoms with Gasteiger partial charge in [-0.05, 0) is 30.2 Å². The number of hydrogen-bond acceptors (Lipinski definition) is 5. The van der Waals surface area contributed by atoms with Gasteiger partial charge in [-0.15, -0.1) is 11.8 Å². The van der Waals surface area contributed by atoms with Gasteiger partial charge in [0.25, 0.3) is 0 Å². The topological polar surface area (TPSA) is 87.5 Å². The number of likely N-dealkylation sites (tertiary alicyclic amines) is 1. The summed E-state index contributed by atoms with van der Waals surface area (Å²) in [5, 5.41) is 6.36. The third-order valence-electron chi connectivity index (χ3n) is 5.74. The molecular formula is C21H32N4O2S. The molecule has 3 rings (SSSR count). The van der Waals surface area contributed by atoms with Gasteiger partial charge in [0, 0.05) is 25.4 Å². The molecule has 4 N–H and O–H groups in total. The fourth-order valence-electron chi connectivity index (χ4n) is 3.91. The molecule has 2 amide bonds. The van der Waals surface area contributed by atoms with E-state index in [4.69, 9.17) is 5.73 Å². The number of nitrogens with zero attached hydrogens (tertiary/aromatic N) is 1. The highest BCUT2D eigenvalue weighted by molar-refractivity contribution is 8.00. The quantitative estimate of drug-likeness (QED) is 0.672. The predicted molar refractivity (Wildman–Crippen MR) is 114 cm³/mol. The minimum atomic E-state index is -0.438. The van der Waals surface area contributed by atoms with Crippen LogP contribution in [0.5, 0.6) is 0 Å². The highest BCUT2D eigenvalue weighted by atomic mass is 32.2. The number of hydrogen-bond donors (Lipinski definition) is 3. The van der Waals surface area contributed by atoms with Crippen molar-refractivity contribution in [3.05, 3.63) is 35.9 Å². The van der Waals surface area contributed by atoms with Gasteiger partial charge in [0.15, 0.2) is 0 Å². The number of benzene rings is 1. The number of carbonyl (C=O) groups excluding carboxylic acids is 2. The molecule has 3 atom stereocenters. The second-order valence-corrected chi connectivity index (χ2v) is 9.25. The lowest BCUT2D eigenvalue weighted by Crippen LogP contribution is -2.51. The molecule has 2 aliphatic rings. The molecule has 2 fully saturated rings. The molecule has 7 heteroatoms. The lowest BCUT2D eigenvalue weighted by molar-refractivity contribution is -0.135. The summed E-state index contributed by atoms with van der Waals surface area (Å²) in [6.45, 7) is 6.21. The van der Waals surface area contributed by atoms with Crippen LogP contribution in [-0.2, 0) is 9.59 Å². The molecule has 6 nitrogen and oxygen atoms in total. The highest BCUT2D eigenvalue weighted by Gasteiger charge is 2.34. The van der Waals surface area contributed by atoms with Crippen molar-refractivity contribution in [1.82, 2.24) is 15.5 Å². The molecule has 28 heavy (non-hydrogen) atoms. The van der Waals surface area contributed by atoms with Crippen LogP contribution >= 0.6 is 11.8 Å². The first-order chi connectivity index (χ1) is 13.5. The van der Waals surface area contributed by atoms with Crippen molar-refractivity contribution in [1.29, 1.82) is 0 Å². The molecule has 0 aromatic heterocycles. The average molecular weight is 405 g/mol. The van der Waals surface area contributed by atoms with E-state index < -0.39 is 6.04 Å². The van der Waals surface area contributed by atoms with Crippen LogP contribution in [0.1, 0.15) is 38.3 Å². The van der Waals surface area contributed by atoms with Crippen molar-refractivity contribution in [3.8, 4) is 0 Å². The maximum atomic E-state index is 12.7. The summed E-state index contributed by atoms with van der Waals surface area (Å²) in [5.74, 6) is 1.50. The number of rotatable bonds is 6. The van der Waals surface area contributed by atoms with Gasteiger partial charge in [0.2, 0.25) is 11.8 Å². The Morgan fingerprint density at radius 2 is 1.89 bits per heavy atom. The minimum absolute atomic E-state index is 0.0345. The summed E-state index contributed by atoms with van der Waals surface area (Å²) in [6.07, 6.45) is 1.73. The molecule has 154 valence electrons. The molecule has 2 unspecified atom stereocenters. The van der Waals surface area contributed by atoms with Crippen LogP contribution in [0.25, 0.3) is 0 Å². The minimum Gasteiger partial charge on any atom is -0.347 e. The summed E-state index contributed by atoms with van der Waals surface area (Å²) in [4.78, 5) is 27.2. The number of nitrogens with one attached hydrogen (secondary N) is 2. The maximum Gasteiger partial charge on any atom is 0.248 e. The van der Waals surface area contributed by atoms with Crippen molar-refractivity contribution >= 4 is 23.6 Å². The van der Waals surface area contributed by atoms with Crippen molar-refractivity contribution in [2.45, 2.75) is 44.1 Å². The third-order valence-corrected chi connectivity index (χ3v) is 6.89. The number of amides is 2. The largest absolute Gasteiger partial charge is 0.347 e. The first-order valence-corrected chi connectivity index (χ1v) is 11.3. The van der Waals surface area contributed by atoms with E-state index in [-0.39, 0.29) is 29.1 Å². The van der Waals surface area contributed by atoms with Gasteiger partial charge in [0.05, 0.1) is 12.1 Å². The van der Waals surface area contributed by atoms with E-state index in [1.807, 2.05) is 36.9 Å². The van der Waals surface area contributed by atoms with Gasteiger partial charge in [-0.1, -0.05) is 44.2 Å². The molecule has 0 spiro atoms. The van der Waals surface area contributed by atoms with Gasteiger partial charge >= 0.3 is 0 Å². The summed E-state index contributed by atoms with van der Waals surface area (Å²) in [6, 6.07) is 9.69. The molecule has 0 aliphatic carbocycles. The fraction of sp³-hybridized carbons (Fsp3) is 0.619. The highest BCUT2D eigenvalue weighted by Crippen LogP contribution is 2.32. The standard InChI is InChI=1S/C21H32N4O2S/c1-14(2)17(22)21(27)25-11-8-16(9-12-25)18(15-6-4-3-5-7-15)24-19(26)20-23-10-13-28-20/h3-7,14,16-18,20,23H,8-13,22H2,1-2H3,(H,24,26)/t17-,18?,20?/m0/s1. The lowest BCUT2D eigenvalue weighted by Gasteiger charge is -2.38. The maximum absolute atomic E-state index is 12.7. The second-order valence-electron chi connectivity index (χ2n) is 8.03. The van der Waals surface area contributed by atoms with Crippen molar-refractivity contribution in [3.63, 3.8) is 0 Å². The summed E-state index contributed by atoms with van der Waals surface area (Å²) < 4.78 is 0. The van der Waals surface area contributed by atoms with Crippen LogP contribution in [0.3, 0.4) is 0 Å². The molecule has 0 radical (unpaired) electrons. The SMILES string of the molecule is CC(C)[C@H](N)C(=O)N1CCC(C(NC(=O)C2NCCS2)c2ccccc2)CC1. The first kappa shape index (κ1) is 21.1. The van der Waals surface area contributed by atoms with E-state index in [0.29, 0.717) is 19.0 Å². The molecule has 2 saturated heterocycles. The molecule has 0 bridgehead atoms. The zero-order valence-electron chi connectivity index (χ0n) is 16.8. The average Bonchev–Trinajstić information content (AvgIpc) is 3.26. The number of nitrogens with two attached hydrogens (primary N) is 1. The van der Waals surface area contributed by atoms with Crippen molar-refractivity contribution < 1.29 is 9.59 Å². The Morgan fingerprint density at radius 3 is 2.46 bits per heavy atom. The summed E-state index contributed by atoms with van der Waals surface area (Å²) in [5.41, 5.74) is 7.18. The lowest BCUT2D eigenvalue weighted by atomic mass is 9.85. The Kier molecular flexibility index (Phi) is 7.37. The molecule has 1 aromatic carbocycles. The van der Waals surface area contributed by atoms with Crippen LogP contribution in [0.15, 0.2) is 30.3 Å². The second kappa shape index (κ2) is 9.76. The Balaban J connectivity index is 1.66. The Hall–Kier alpha value is -1.57. The zero-order chi connectivity index (χ0) is 20.1. The van der Waals surface area contributed by atoms with E-state index in [1.165, 1.54) is 0 Å². The normalized spacial score (nSPS) is 22.9. The Bertz CT molecular complexity index is 656. The fourth-order valence-corrected chi connectivity index (χ4v) is 4.83. The van der Waals surface area contributed by atoms with Crippen LogP contribution in [0.2, 0.25) is 0 Å². The smallest absolute Gasteiger partial charge is 0.248 e. The Labute approximate surface area is 172 Å². The van der Waals surface area contributed by atoms with Gasteiger partial charge in [-0.3, -0.25) is 14.9 Å². The van der Waals surface area contributed by atoms with Crippen LogP contribution < -0.4 is 16.4 Å². The molecule has 1 aromatic rings. The summed E-state index contributed by atoms with van der Waals surface area (Å²) in [7, 11) is 0. The summed E-state index contributed by atoms with van der Waals surface area (Å²) >= 11 is 1.65. The van der Waals surface area contributed by atoms with E-state index in [0.717, 1.165) is 30.7 Å². The Morgan fingerprint density at radius 1 is 1.21 bits per heavy atom. The van der Waals surface area contributed by atoms with Crippen LogP contribution in [0.4, 0.5) is 0 Å². The van der Waals surface area contributed by atoms with E-state index in [9.17, 15) is 9.59 Å². The van der Waals surface area contributed by atoms with Gasteiger partial charge < -0.3 is 16.0 Å². The number of piperidine rings is 1. The van der Waals surface area contributed by atoms with Crippen LogP contribution in [-0.4, -0.2) is 53.5 Å². The zero-order valence-corrected chi connectivity index (χ0v) is 17.6. The number of carbonyl (C=O) groups is 2. The van der Waals surface area contributed by atoms with Gasteiger partial charge in [0.1, 0.15) is 5.37 Å². The molecule has 0 saturated carbocycles. The van der Waals surface area contributed by atoms with E-state index in [1.54, 1.807) is 11.8 Å². The molecular weight excluding hydrogens is 372 g/mol. The van der Waals surface area contributed by atoms with Gasteiger partial charge in [-0.25, -0.2) is 0 Å². The van der Waals surface area contributed by atoms with Crippen LogP contribution in [0, 0.1) is 11.8 Å². The van der Waals surface area contributed by atoms with Gasteiger partial charge in [-0.2, -0.15) is 0 Å². The predicted octanol–water partition coefficient (Wildman–Crippen LogP) is 1.73. The number of thioether (sulfide) groups is 1. The molecule has 2 heterocycles. The van der Waals surface area contributed by atoms with Crippen molar-refractivity contribution in [2.75, 3.05) is 25.4 Å². The van der Waals surface area contributed by atoms with E-state index in [2.05, 4.69) is 22.8 Å². The van der Waals surface area contributed by atoms with Crippen molar-refractivity contribution in [2.24, 2.45) is 17.6 Å². The molecule has 2 aliphatic heterocycles. The third kappa shape index (κ3) is 5.07. The monoisotopic (exact) mass is 404 g/mol.